The minimum absolute atomic E-state index is 0.111. The number of anilines is 2. The zero-order chi connectivity index (χ0) is 18.4. The number of ether oxygens (including phenoxy) is 1. The Morgan fingerprint density at radius 1 is 1.04 bits per heavy atom. The zero-order valence-electron chi connectivity index (χ0n) is 13.6. The van der Waals surface area contributed by atoms with Crippen molar-refractivity contribution in [1.82, 2.24) is 0 Å². The molecular weight excluding hydrogens is 324 g/mol. The summed E-state index contributed by atoms with van der Waals surface area (Å²) in [7, 11) is 0. The third kappa shape index (κ3) is 4.81. The smallest absolute Gasteiger partial charge is 0.338 e. The summed E-state index contributed by atoms with van der Waals surface area (Å²) in [4.78, 5) is 35.2. The van der Waals surface area contributed by atoms with Gasteiger partial charge in [-0.15, -0.1) is 0 Å². The van der Waals surface area contributed by atoms with Crippen molar-refractivity contribution in [2.24, 2.45) is 0 Å². The Kier molecular flexibility index (Phi) is 5.73. The Morgan fingerprint density at radius 2 is 1.60 bits per heavy atom. The molecule has 0 saturated carbocycles. The summed E-state index contributed by atoms with van der Waals surface area (Å²) in [6, 6.07) is 11.9. The van der Waals surface area contributed by atoms with Crippen molar-refractivity contribution in [2.75, 3.05) is 11.1 Å². The minimum Gasteiger partial charge on any atom is -0.478 e. The maximum atomic E-state index is 12.3. The van der Waals surface area contributed by atoms with Crippen LogP contribution in [-0.2, 0) is 9.53 Å². The molecule has 0 aliphatic carbocycles. The van der Waals surface area contributed by atoms with Crippen LogP contribution in [0.25, 0.3) is 0 Å². The monoisotopic (exact) mass is 342 g/mol. The van der Waals surface area contributed by atoms with E-state index >= 15 is 0 Å². The molecule has 130 valence electrons. The predicted octanol–water partition coefficient (Wildman–Crippen LogP) is 2.54. The quantitative estimate of drug-likeness (QED) is 0.548. The number of carbonyl (C=O) groups excluding carboxylic acids is 2. The minimum atomic E-state index is -1.05. The van der Waals surface area contributed by atoms with Crippen LogP contribution in [-0.4, -0.2) is 29.1 Å². The number of benzene rings is 2. The lowest BCUT2D eigenvalue weighted by molar-refractivity contribution is -0.124. The predicted molar refractivity (Wildman–Crippen MR) is 92.4 cm³/mol. The van der Waals surface area contributed by atoms with Gasteiger partial charge in [-0.05, 0) is 55.0 Å². The van der Waals surface area contributed by atoms with E-state index in [0.717, 1.165) is 0 Å². The average Bonchev–Trinajstić information content (AvgIpc) is 2.60. The topological polar surface area (TPSA) is 119 Å². The van der Waals surface area contributed by atoms with Gasteiger partial charge in [-0.3, -0.25) is 4.79 Å². The molecule has 2 aromatic carbocycles. The van der Waals surface area contributed by atoms with Crippen molar-refractivity contribution in [2.45, 2.75) is 19.4 Å². The first kappa shape index (κ1) is 18.0. The van der Waals surface area contributed by atoms with Crippen molar-refractivity contribution in [3.05, 3.63) is 59.7 Å². The number of carboxylic acids is 1. The van der Waals surface area contributed by atoms with Crippen LogP contribution in [0, 0.1) is 0 Å². The van der Waals surface area contributed by atoms with E-state index in [1.165, 1.54) is 36.4 Å². The number of hydrogen-bond acceptors (Lipinski definition) is 5. The third-order valence-electron chi connectivity index (χ3n) is 3.46. The van der Waals surface area contributed by atoms with Gasteiger partial charge in [-0.25, -0.2) is 9.59 Å². The summed E-state index contributed by atoms with van der Waals surface area (Å²) in [6.45, 7) is 1.72. The van der Waals surface area contributed by atoms with Crippen molar-refractivity contribution < 1.29 is 24.2 Å². The zero-order valence-corrected chi connectivity index (χ0v) is 13.6. The summed E-state index contributed by atoms with van der Waals surface area (Å²) in [6.07, 6.45) is -0.677. The van der Waals surface area contributed by atoms with Crippen LogP contribution in [0.5, 0.6) is 0 Å². The van der Waals surface area contributed by atoms with Gasteiger partial charge in [-0.1, -0.05) is 6.92 Å². The van der Waals surface area contributed by atoms with Gasteiger partial charge < -0.3 is 20.9 Å². The van der Waals surface area contributed by atoms with Crippen LogP contribution in [0.15, 0.2) is 48.5 Å². The summed E-state index contributed by atoms with van der Waals surface area (Å²) < 4.78 is 5.24. The number of nitrogens with one attached hydrogen (secondary N) is 1. The van der Waals surface area contributed by atoms with Gasteiger partial charge in [0.05, 0.1) is 11.1 Å². The Hall–Kier alpha value is -3.35. The van der Waals surface area contributed by atoms with E-state index in [1.54, 1.807) is 19.1 Å². The fourth-order valence-electron chi connectivity index (χ4n) is 2.06. The number of rotatable bonds is 6. The molecule has 0 aromatic heterocycles. The van der Waals surface area contributed by atoms with Crippen LogP contribution >= 0.6 is 0 Å². The summed E-state index contributed by atoms with van der Waals surface area (Å²) in [5.74, 6) is -2.17. The number of carbonyl (C=O) groups is 3. The molecule has 0 spiro atoms. The van der Waals surface area contributed by atoms with Crippen molar-refractivity contribution in [1.29, 1.82) is 0 Å². The summed E-state index contributed by atoms with van der Waals surface area (Å²) in [5.41, 5.74) is 6.91. The van der Waals surface area contributed by atoms with E-state index in [9.17, 15) is 14.4 Å². The molecule has 4 N–H and O–H groups in total. The lowest BCUT2D eigenvalue weighted by Gasteiger charge is -2.16. The number of nitrogen functional groups attached to an aromatic ring is 1. The Morgan fingerprint density at radius 3 is 2.12 bits per heavy atom. The van der Waals surface area contributed by atoms with Gasteiger partial charge in [-0.2, -0.15) is 0 Å². The number of esters is 1. The molecule has 0 bridgehead atoms. The molecule has 0 saturated heterocycles. The molecule has 7 nitrogen and oxygen atoms in total. The maximum absolute atomic E-state index is 12.3. The van der Waals surface area contributed by atoms with Crippen LogP contribution in [0.2, 0.25) is 0 Å². The van der Waals surface area contributed by atoms with Gasteiger partial charge in [0.2, 0.25) is 0 Å². The van der Waals surface area contributed by atoms with Crippen molar-refractivity contribution >= 4 is 29.2 Å². The molecule has 2 rings (SSSR count). The van der Waals surface area contributed by atoms with Crippen molar-refractivity contribution in [3.63, 3.8) is 0 Å². The third-order valence-corrected chi connectivity index (χ3v) is 3.46. The number of amides is 1. The van der Waals surface area contributed by atoms with Gasteiger partial charge in [0, 0.05) is 11.4 Å². The summed E-state index contributed by atoms with van der Waals surface area (Å²) >= 11 is 0. The first-order valence-corrected chi connectivity index (χ1v) is 7.61. The Balaban J connectivity index is 2.01. The lowest BCUT2D eigenvalue weighted by Crippen LogP contribution is -2.32. The Labute approximate surface area is 144 Å². The Bertz CT molecular complexity index is 769. The molecule has 1 unspecified atom stereocenters. The highest BCUT2D eigenvalue weighted by Crippen LogP contribution is 2.13. The standard InChI is InChI=1S/C18H18N2O5/c1-2-15(25-18(24)12-3-7-13(19)8-4-12)16(21)20-14-9-5-11(6-10-14)17(22)23/h3-10,15H,2,19H2,1H3,(H,20,21)(H,22,23). The number of nitrogens with two attached hydrogens (primary N) is 1. The average molecular weight is 342 g/mol. The molecule has 2 aromatic rings. The molecule has 0 radical (unpaired) electrons. The molecule has 0 aliphatic heterocycles. The molecule has 0 fully saturated rings. The second kappa shape index (κ2) is 7.96. The van der Waals surface area contributed by atoms with Gasteiger partial charge in [0.25, 0.3) is 5.91 Å². The second-order valence-electron chi connectivity index (χ2n) is 5.30. The fraction of sp³-hybridized carbons (Fsp3) is 0.167. The van der Waals surface area contributed by atoms with Crippen LogP contribution in [0.4, 0.5) is 11.4 Å². The lowest BCUT2D eigenvalue weighted by atomic mass is 10.2. The highest BCUT2D eigenvalue weighted by atomic mass is 16.5. The molecule has 0 aliphatic rings. The molecule has 7 heteroatoms. The van der Waals surface area contributed by atoms with Gasteiger partial charge in [0.15, 0.2) is 6.10 Å². The normalized spacial score (nSPS) is 11.4. The highest BCUT2D eigenvalue weighted by molar-refractivity contribution is 5.98. The van der Waals surface area contributed by atoms with Gasteiger partial charge in [0.1, 0.15) is 0 Å². The molecular formula is C18H18N2O5. The second-order valence-corrected chi connectivity index (χ2v) is 5.30. The van der Waals surface area contributed by atoms with Crippen LogP contribution in [0.1, 0.15) is 34.1 Å². The number of aromatic carboxylic acids is 1. The molecule has 1 amide bonds. The molecule has 0 heterocycles. The first-order chi connectivity index (χ1) is 11.9. The number of carboxylic acid groups (broad SMARTS) is 1. The first-order valence-electron chi connectivity index (χ1n) is 7.61. The molecule has 1 atom stereocenters. The van der Waals surface area contributed by atoms with Crippen molar-refractivity contribution in [3.8, 4) is 0 Å². The summed E-state index contributed by atoms with van der Waals surface area (Å²) in [5, 5.41) is 11.5. The number of hydrogen-bond donors (Lipinski definition) is 3. The van der Waals surface area contributed by atoms with Crippen LogP contribution in [0.3, 0.4) is 0 Å². The van der Waals surface area contributed by atoms with E-state index in [-0.39, 0.29) is 5.56 Å². The maximum Gasteiger partial charge on any atom is 0.338 e. The SMILES string of the molecule is CCC(OC(=O)c1ccc(N)cc1)C(=O)Nc1ccc(C(=O)O)cc1. The van der Waals surface area contributed by atoms with E-state index in [4.69, 9.17) is 15.6 Å². The van der Waals surface area contributed by atoms with E-state index in [0.29, 0.717) is 23.4 Å². The van der Waals surface area contributed by atoms with E-state index < -0.39 is 23.9 Å². The van der Waals surface area contributed by atoms with E-state index in [2.05, 4.69) is 5.32 Å². The fourth-order valence-corrected chi connectivity index (χ4v) is 2.06. The van der Waals surface area contributed by atoms with E-state index in [1.807, 2.05) is 0 Å². The highest BCUT2D eigenvalue weighted by Gasteiger charge is 2.22. The van der Waals surface area contributed by atoms with Crippen LogP contribution < -0.4 is 11.1 Å². The molecule has 25 heavy (non-hydrogen) atoms. The largest absolute Gasteiger partial charge is 0.478 e. The van der Waals surface area contributed by atoms with Gasteiger partial charge >= 0.3 is 11.9 Å².